The van der Waals surface area contributed by atoms with Crippen LogP contribution in [0.3, 0.4) is 0 Å². The van der Waals surface area contributed by atoms with Gasteiger partial charge < -0.3 is 15.0 Å². The molecular weight excluding hydrogens is 387 g/mol. The fraction of sp³-hybridized carbons (Fsp3) is 0.625. The van der Waals surface area contributed by atoms with E-state index in [0.29, 0.717) is 6.61 Å². The number of aromatic nitrogens is 1. The summed E-state index contributed by atoms with van der Waals surface area (Å²) in [6, 6.07) is 5.79. The summed E-state index contributed by atoms with van der Waals surface area (Å²) in [6.45, 7) is 7.58. The molecule has 0 aromatic carbocycles. The number of carbonyl (C=O) groups is 1. The maximum atomic E-state index is 12.6. The Kier molecular flexibility index (Phi) is 11.6. The number of hydrogen-bond donors (Lipinski definition) is 1. The van der Waals surface area contributed by atoms with E-state index in [1.54, 1.807) is 0 Å². The first kappa shape index (κ1) is 24.4. The molecule has 2 saturated heterocycles. The van der Waals surface area contributed by atoms with Crippen molar-refractivity contribution in [1.82, 2.24) is 20.1 Å². The van der Waals surface area contributed by atoms with Crippen molar-refractivity contribution in [3.63, 3.8) is 0 Å². The summed E-state index contributed by atoms with van der Waals surface area (Å²) in [7, 11) is 0. The standard InChI is InChI=1S/C16H24N4O2.3ClH/c1-13-15(18-6-11-22-13)16(21)20-9-7-19(8-10-20)12-14-4-2-3-5-17-14;;;/h2-5,13,15,18H,6-12H2,1H3;3*1H/t13-,15+;;;/m1.../s1. The Labute approximate surface area is 167 Å². The Morgan fingerprint density at radius 1 is 1.24 bits per heavy atom. The minimum absolute atomic E-state index is 0. The van der Waals surface area contributed by atoms with Crippen LogP contribution < -0.4 is 5.32 Å². The number of pyridine rings is 1. The van der Waals surface area contributed by atoms with Gasteiger partial charge in [-0.05, 0) is 19.1 Å². The van der Waals surface area contributed by atoms with Gasteiger partial charge in [-0.15, -0.1) is 37.2 Å². The van der Waals surface area contributed by atoms with E-state index >= 15 is 0 Å². The van der Waals surface area contributed by atoms with Crippen molar-refractivity contribution in [2.45, 2.75) is 25.6 Å². The van der Waals surface area contributed by atoms with Crippen LogP contribution in [-0.2, 0) is 16.1 Å². The third-order valence-electron chi connectivity index (χ3n) is 4.38. The monoisotopic (exact) mass is 412 g/mol. The zero-order valence-electron chi connectivity index (χ0n) is 14.3. The summed E-state index contributed by atoms with van der Waals surface area (Å²) >= 11 is 0. The van der Waals surface area contributed by atoms with Crippen molar-refractivity contribution in [1.29, 1.82) is 0 Å². The fourth-order valence-electron chi connectivity index (χ4n) is 3.05. The number of morpholine rings is 1. The smallest absolute Gasteiger partial charge is 0.242 e. The van der Waals surface area contributed by atoms with Crippen LogP contribution >= 0.6 is 37.2 Å². The van der Waals surface area contributed by atoms with Crippen LogP contribution in [0.1, 0.15) is 12.6 Å². The highest BCUT2D eigenvalue weighted by Gasteiger charge is 2.33. The molecule has 1 N–H and O–H groups in total. The first-order valence-corrected chi connectivity index (χ1v) is 8.00. The van der Waals surface area contributed by atoms with Gasteiger partial charge >= 0.3 is 0 Å². The van der Waals surface area contributed by atoms with Crippen LogP contribution in [0.4, 0.5) is 0 Å². The average molecular weight is 414 g/mol. The minimum Gasteiger partial charge on any atom is -0.375 e. The van der Waals surface area contributed by atoms with Gasteiger partial charge in [-0.1, -0.05) is 6.07 Å². The topological polar surface area (TPSA) is 57.7 Å². The number of amides is 1. The predicted octanol–water partition coefficient (Wildman–Crippen LogP) is 1.37. The molecule has 0 spiro atoms. The molecule has 2 aliphatic heterocycles. The molecule has 0 unspecified atom stereocenters. The molecule has 144 valence electrons. The van der Waals surface area contributed by atoms with E-state index in [0.717, 1.165) is 45.0 Å². The van der Waals surface area contributed by atoms with Gasteiger partial charge in [0.15, 0.2) is 0 Å². The van der Waals surface area contributed by atoms with E-state index in [1.165, 1.54) is 0 Å². The number of rotatable bonds is 3. The predicted molar refractivity (Wildman–Crippen MR) is 105 cm³/mol. The van der Waals surface area contributed by atoms with Gasteiger partial charge in [-0.3, -0.25) is 14.7 Å². The average Bonchev–Trinajstić information content (AvgIpc) is 2.56. The second kappa shape index (κ2) is 11.9. The van der Waals surface area contributed by atoms with Crippen molar-refractivity contribution in [2.75, 3.05) is 39.3 Å². The second-order valence-electron chi connectivity index (χ2n) is 5.93. The van der Waals surface area contributed by atoms with Crippen LogP contribution in [0.25, 0.3) is 0 Å². The summed E-state index contributed by atoms with van der Waals surface area (Å²) in [6.07, 6.45) is 1.78. The SMILES string of the molecule is C[C@H]1OCCN[C@@H]1C(=O)N1CCN(Cc2ccccn2)CC1.Cl.Cl.Cl. The molecule has 1 amide bonds. The summed E-state index contributed by atoms with van der Waals surface area (Å²) in [5, 5.41) is 3.28. The van der Waals surface area contributed by atoms with Crippen LogP contribution in [0, 0.1) is 0 Å². The molecule has 0 bridgehead atoms. The van der Waals surface area contributed by atoms with Gasteiger partial charge in [-0.25, -0.2) is 0 Å². The van der Waals surface area contributed by atoms with Crippen LogP contribution in [0.5, 0.6) is 0 Å². The molecule has 0 saturated carbocycles. The highest BCUT2D eigenvalue weighted by atomic mass is 35.5. The highest BCUT2D eigenvalue weighted by molar-refractivity contribution is 5.86. The molecule has 1 aromatic heterocycles. The van der Waals surface area contributed by atoms with E-state index < -0.39 is 0 Å². The lowest BCUT2D eigenvalue weighted by molar-refractivity contribution is -0.141. The second-order valence-corrected chi connectivity index (χ2v) is 5.93. The maximum Gasteiger partial charge on any atom is 0.242 e. The number of nitrogens with one attached hydrogen (secondary N) is 1. The van der Waals surface area contributed by atoms with Crippen molar-refractivity contribution in [2.24, 2.45) is 0 Å². The number of nitrogens with zero attached hydrogens (tertiary/aromatic N) is 3. The first-order valence-electron chi connectivity index (χ1n) is 8.00. The van der Waals surface area contributed by atoms with E-state index in [2.05, 4.69) is 15.2 Å². The van der Waals surface area contributed by atoms with Crippen molar-refractivity contribution in [3.8, 4) is 0 Å². The lowest BCUT2D eigenvalue weighted by Crippen LogP contribution is -2.59. The van der Waals surface area contributed by atoms with Crippen LogP contribution in [-0.4, -0.2) is 72.2 Å². The van der Waals surface area contributed by atoms with Gasteiger partial charge in [-0.2, -0.15) is 0 Å². The van der Waals surface area contributed by atoms with Gasteiger partial charge in [0.25, 0.3) is 0 Å². The molecule has 25 heavy (non-hydrogen) atoms. The minimum atomic E-state index is -0.198. The van der Waals surface area contributed by atoms with Gasteiger partial charge in [0.1, 0.15) is 6.04 Å². The van der Waals surface area contributed by atoms with Crippen molar-refractivity contribution < 1.29 is 9.53 Å². The molecule has 2 aliphatic rings. The Balaban J connectivity index is 0.00000192. The summed E-state index contributed by atoms with van der Waals surface area (Å²) in [4.78, 5) is 21.2. The molecule has 2 fully saturated rings. The van der Waals surface area contributed by atoms with Crippen molar-refractivity contribution >= 4 is 43.1 Å². The van der Waals surface area contributed by atoms with Gasteiger partial charge in [0.05, 0.1) is 18.4 Å². The number of hydrogen-bond acceptors (Lipinski definition) is 5. The largest absolute Gasteiger partial charge is 0.375 e. The lowest BCUT2D eigenvalue weighted by atomic mass is 10.1. The maximum absolute atomic E-state index is 12.6. The van der Waals surface area contributed by atoms with E-state index in [9.17, 15) is 4.79 Å². The number of halogens is 3. The third kappa shape index (κ3) is 6.55. The quantitative estimate of drug-likeness (QED) is 0.811. The van der Waals surface area contributed by atoms with Crippen LogP contribution in [0.2, 0.25) is 0 Å². The molecule has 1 aromatic rings. The summed E-state index contributed by atoms with van der Waals surface area (Å²) in [5.74, 6) is 0.171. The lowest BCUT2D eigenvalue weighted by Gasteiger charge is -2.38. The molecule has 3 rings (SSSR count). The Bertz CT molecular complexity index is 501. The normalized spacial score (nSPS) is 23.6. The van der Waals surface area contributed by atoms with Gasteiger partial charge in [0, 0.05) is 45.5 Å². The molecular formula is C16H27Cl3N4O2. The first-order chi connectivity index (χ1) is 10.7. The van der Waals surface area contributed by atoms with E-state index in [4.69, 9.17) is 4.74 Å². The number of ether oxygens (including phenoxy) is 1. The Hall–Kier alpha value is -0.630. The summed E-state index contributed by atoms with van der Waals surface area (Å²) in [5.41, 5.74) is 1.08. The zero-order chi connectivity index (χ0) is 15.4. The summed E-state index contributed by atoms with van der Waals surface area (Å²) < 4.78 is 5.57. The molecule has 9 heteroatoms. The zero-order valence-corrected chi connectivity index (χ0v) is 16.7. The number of carbonyl (C=O) groups excluding carboxylic acids is 1. The Morgan fingerprint density at radius 2 is 1.96 bits per heavy atom. The van der Waals surface area contributed by atoms with Gasteiger partial charge in [0.2, 0.25) is 5.91 Å². The fourth-order valence-corrected chi connectivity index (χ4v) is 3.05. The molecule has 0 radical (unpaired) electrons. The van der Waals surface area contributed by atoms with Crippen molar-refractivity contribution in [3.05, 3.63) is 30.1 Å². The molecule has 3 heterocycles. The molecule has 6 nitrogen and oxygen atoms in total. The van der Waals surface area contributed by atoms with E-state index in [1.807, 2.05) is 36.2 Å². The molecule has 0 aliphatic carbocycles. The van der Waals surface area contributed by atoms with Crippen LogP contribution in [0.15, 0.2) is 24.4 Å². The third-order valence-corrected chi connectivity index (χ3v) is 4.38. The Morgan fingerprint density at radius 3 is 2.56 bits per heavy atom. The number of piperazine rings is 1. The van der Waals surface area contributed by atoms with E-state index in [-0.39, 0.29) is 55.3 Å². The molecule has 2 atom stereocenters. The highest BCUT2D eigenvalue weighted by Crippen LogP contribution is 2.11.